The van der Waals surface area contributed by atoms with Gasteiger partial charge in [-0.1, -0.05) is 13.0 Å². The smallest absolute Gasteiger partial charge is 0.339 e. The van der Waals surface area contributed by atoms with Crippen LogP contribution in [0.3, 0.4) is 0 Å². The summed E-state index contributed by atoms with van der Waals surface area (Å²) in [7, 11) is 0. The molecular formula is C18H24ClNO4. The topological polar surface area (TPSA) is 71.7 Å². The van der Waals surface area contributed by atoms with Gasteiger partial charge in [-0.25, -0.2) is 4.79 Å². The second kappa shape index (κ2) is 8.51. The second-order valence-corrected chi connectivity index (χ2v) is 5.96. The molecule has 1 aliphatic rings. The highest BCUT2D eigenvalue weighted by Crippen LogP contribution is 2.33. The number of halogens is 1. The summed E-state index contributed by atoms with van der Waals surface area (Å²) in [4.78, 5) is 12.1. The van der Waals surface area contributed by atoms with Crippen LogP contribution in [0.5, 0.6) is 5.75 Å². The summed E-state index contributed by atoms with van der Waals surface area (Å²) in [5.74, 6) is 0.681. The maximum atomic E-state index is 12.1. The number of benzene rings is 1. The first-order valence-electron chi connectivity index (χ1n) is 8.30. The Morgan fingerprint density at radius 2 is 2.04 bits per heavy atom. The Morgan fingerprint density at radius 3 is 2.79 bits per heavy atom. The Labute approximate surface area is 147 Å². The number of aliphatic hydroxyl groups is 1. The molecule has 0 spiro atoms. The van der Waals surface area contributed by atoms with Crippen molar-refractivity contribution in [1.82, 2.24) is 5.32 Å². The number of hydrogen-bond acceptors (Lipinski definition) is 5. The molecule has 0 amide bonds. The molecule has 2 aromatic rings. The lowest BCUT2D eigenvalue weighted by Crippen LogP contribution is -2.31. The van der Waals surface area contributed by atoms with Gasteiger partial charge in [0.2, 0.25) is 0 Å². The number of ether oxygens (including phenoxy) is 1. The molecule has 0 bridgehead atoms. The van der Waals surface area contributed by atoms with Gasteiger partial charge < -0.3 is 19.6 Å². The second-order valence-electron chi connectivity index (χ2n) is 5.96. The van der Waals surface area contributed by atoms with Crippen molar-refractivity contribution in [2.75, 3.05) is 19.7 Å². The largest absolute Gasteiger partial charge is 0.490 e. The van der Waals surface area contributed by atoms with E-state index in [4.69, 9.17) is 9.15 Å². The minimum Gasteiger partial charge on any atom is -0.490 e. The minimum absolute atomic E-state index is 0. The predicted octanol–water partition coefficient (Wildman–Crippen LogP) is 2.44. The molecule has 132 valence electrons. The first kappa shape index (κ1) is 18.8. The summed E-state index contributed by atoms with van der Waals surface area (Å²) in [5.41, 5.74) is 2.18. The summed E-state index contributed by atoms with van der Waals surface area (Å²) in [6.07, 6.45) is 3.16. The molecule has 1 aromatic carbocycles. The molecule has 1 unspecified atom stereocenters. The molecule has 0 radical (unpaired) electrons. The van der Waals surface area contributed by atoms with E-state index in [1.165, 1.54) is 0 Å². The third kappa shape index (κ3) is 3.91. The van der Waals surface area contributed by atoms with Crippen molar-refractivity contribution in [1.29, 1.82) is 0 Å². The van der Waals surface area contributed by atoms with Crippen LogP contribution in [0.25, 0.3) is 11.0 Å². The lowest BCUT2D eigenvalue weighted by molar-refractivity contribution is 0.107. The first-order chi connectivity index (χ1) is 11.2. The monoisotopic (exact) mass is 353 g/mol. The highest BCUT2D eigenvalue weighted by atomic mass is 35.5. The zero-order chi connectivity index (χ0) is 16.2. The van der Waals surface area contributed by atoms with Crippen LogP contribution in [0.4, 0.5) is 0 Å². The van der Waals surface area contributed by atoms with E-state index in [0.29, 0.717) is 17.9 Å². The van der Waals surface area contributed by atoms with Gasteiger partial charge in [-0.05, 0) is 49.9 Å². The Balaban J connectivity index is 0.00000208. The summed E-state index contributed by atoms with van der Waals surface area (Å²) in [5, 5.41) is 13.9. The maximum Gasteiger partial charge on any atom is 0.339 e. The van der Waals surface area contributed by atoms with E-state index < -0.39 is 6.10 Å². The number of likely N-dealkylation sites (N-methyl/N-ethyl adjacent to an activating group) is 1. The van der Waals surface area contributed by atoms with E-state index in [2.05, 4.69) is 5.32 Å². The van der Waals surface area contributed by atoms with Gasteiger partial charge in [-0.3, -0.25) is 0 Å². The van der Waals surface area contributed by atoms with E-state index in [0.717, 1.165) is 48.7 Å². The molecule has 0 aliphatic heterocycles. The number of aryl methyl sites for hydroxylation is 1. The average Bonchev–Trinajstić information content (AvgIpc) is 2.58. The van der Waals surface area contributed by atoms with Gasteiger partial charge in [0.15, 0.2) is 0 Å². The van der Waals surface area contributed by atoms with Gasteiger partial charge in [-0.15, -0.1) is 12.4 Å². The first-order valence-corrected chi connectivity index (χ1v) is 8.30. The van der Waals surface area contributed by atoms with Crippen molar-refractivity contribution >= 4 is 23.4 Å². The SMILES string of the molecule is CCNCC(O)COc1cccc2oc(=O)c3c(c12)CCCC3.Cl. The zero-order valence-electron chi connectivity index (χ0n) is 13.8. The number of nitrogens with one attached hydrogen (secondary N) is 1. The van der Waals surface area contributed by atoms with Crippen LogP contribution >= 0.6 is 12.4 Å². The highest BCUT2D eigenvalue weighted by molar-refractivity contribution is 5.88. The van der Waals surface area contributed by atoms with Crippen LogP contribution < -0.4 is 15.7 Å². The standard InChI is InChI=1S/C18H23NO4.ClH/c1-2-19-10-12(20)11-22-15-8-5-9-16-17(15)13-6-3-4-7-14(13)18(21)23-16;/h5,8-9,12,19-20H,2-4,6-7,10-11H2,1H3;1H. The summed E-state index contributed by atoms with van der Waals surface area (Å²) in [6, 6.07) is 5.48. The average molecular weight is 354 g/mol. The fraction of sp³-hybridized carbons (Fsp3) is 0.500. The molecule has 24 heavy (non-hydrogen) atoms. The maximum absolute atomic E-state index is 12.1. The van der Waals surface area contributed by atoms with Crippen LogP contribution in [0, 0.1) is 0 Å². The molecule has 2 N–H and O–H groups in total. The molecule has 6 heteroatoms. The van der Waals surface area contributed by atoms with Crippen molar-refractivity contribution in [2.24, 2.45) is 0 Å². The Hall–Kier alpha value is -1.56. The summed E-state index contributed by atoms with van der Waals surface area (Å²) >= 11 is 0. The molecule has 1 aromatic heterocycles. The lowest BCUT2D eigenvalue weighted by atomic mass is 9.90. The fourth-order valence-corrected chi connectivity index (χ4v) is 3.14. The van der Waals surface area contributed by atoms with Gasteiger partial charge in [0.1, 0.15) is 24.0 Å². The molecule has 1 atom stereocenters. The van der Waals surface area contributed by atoms with Crippen LogP contribution in [-0.2, 0) is 12.8 Å². The van der Waals surface area contributed by atoms with Crippen LogP contribution in [0.15, 0.2) is 27.4 Å². The van der Waals surface area contributed by atoms with Crippen LogP contribution in [0.2, 0.25) is 0 Å². The van der Waals surface area contributed by atoms with Crippen molar-refractivity contribution in [3.63, 3.8) is 0 Å². The van der Waals surface area contributed by atoms with Crippen molar-refractivity contribution in [2.45, 2.75) is 38.7 Å². The van der Waals surface area contributed by atoms with Gasteiger partial charge in [0.25, 0.3) is 0 Å². The Morgan fingerprint density at radius 1 is 1.29 bits per heavy atom. The molecular weight excluding hydrogens is 330 g/mol. The minimum atomic E-state index is -0.572. The van der Waals surface area contributed by atoms with Crippen LogP contribution in [-0.4, -0.2) is 30.9 Å². The van der Waals surface area contributed by atoms with E-state index in [1.807, 2.05) is 19.1 Å². The molecule has 0 saturated carbocycles. The van der Waals surface area contributed by atoms with Crippen LogP contribution in [0.1, 0.15) is 30.9 Å². The zero-order valence-corrected chi connectivity index (χ0v) is 14.7. The van der Waals surface area contributed by atoms with Gasteiger partial charge >= 0.3 is 5.63 Å². The van der Waals surface area contributed by atoms with Crippen molar-refractivity contribution < 1.29 is 14.3 Å². The van der Waals surface area contributed by atoms with Crippen molar-refractivity contribution in [3.05, 3.63) is 39.7 Å². The molecule has 5 nitrogen and oxygen atoms in total. The van der Waals surface area contributed by atoms with Gasteiger partial charge in [0.05, 0.1) is 5.39 Å². The quantitative estimate of drug-likeness (QED) is 0.780. The summed E-state index contributed by atoms with van der Waals surface area (Å²) in [6.45, 7) is 3.51. The third-order valence-corrected chi connectivity index (χ3v) is 4.27. The highest BCUT2D eigenvalue weighted by Gasteiger charge is 2.20. The van der Waals surface area contributed by atoms with E-state index in [1.54, 1.807) is 6.07 Å². The van der Waals surface area contributed by atoms with Gasteiger partial charge in [0, 0.05) is 12.1 Å². The molecule has 0 fully saturated rings. The number of fused-ring (bicyclic) bond motifs is 3. The summed E-state index contributed by atoms with van der Waals surface area (Å²) < 4.78 is 11.3. The normalized spacial score (nSPS) is 14.8. The molecule has 0 saturated heterocycles. The van der Waals surface area contributed by atoms with Gasteiger partial charge in [-0.2, -0.15) is 0 Å². The van der Waals surface area contributed by atoms with E-state index >= 15 is 0 Å². The van der Waals surface area contributed by atoms with E-state index in [-0.39, 0.29) is 24.6 Å². The third-order valence-electron chi connectivity index (χ3n) is 4.27. The molecule has 3 rings (SSSR count). The molecule has 1 heterocycles. The Kier molecular flexibility index (Phi) is 6.66. The molecule has 1 aliphatic carbocycles. The number of rotatable bonds is 6. The number of aliphatic hydroxyl groups excluding tert-OH is 1. The lowest BCUT2D eigenvalue weighted by Gasteiger charge is -2.19. The van der Waals surface area contributed by atoms with Crippen molar-refractivity contribution in [3.8, 4) is 5.75 Å². The Bertz CT molecular complexity index is 744. The number of hydrogen-bond donors (Lipinski definition) is 2. The fourth-order valence-electron chi connectivity index (χ4n) is 3.14. The van der Waals surface area contributed by atoms with E-state index in [9.17, 15) is 9.90 Å². The predicted molar refractivity (Wildman–Crippen MR) is 96.4 cm³/mol.